The molecule has 0 radical (unpaired) electrons. The quantitative estimate of drug-likeness (QED) is 0.474. The van der Waals surface area contributed by atoms with Crippen molar-refractivity contribution < 1.29 is 28.6 Å². The molecule has 2 heterocycles. The van der Waals surface area contributed by atoms with Crippen molar-refractivity contribution in [3.05, 3.63) is 45.1 Å². The number of ether oxygens (including phenoxy) is 3. The van der Waals surface area contributed by atoms with Crippen LogP contribution in [0.5, 0.6) is 0 Å². The first-order valence-corrected chi connectivity index (χ1v) is 7.95. The van der Waals surface area contributed by atoms with Gasteiger partial charge in [-0.25, -0.2) is 19.4 Å². The molecule has 0 aliphatic carbocycles. The van der Waals surface area contributed by atoms with E-state index in [1.54, 1.807) is 0 Å². The van der Waals surface area contributed by atoms with Crippen molar-refractivity contribution in [3.8, 4) is 0 Å². The smallest absolute Gasteiger partial charge is 0.348 e. The van der Waals surface area contributed by atoms with E-state index in [4.69, 9.17) is 22.1 Å². The van der Waals surface area contributed by atoms with Crippen molar-refractivity contribution >= 4 is 45.8 Å². The minimum atomic E-state index is -0.747. The molecule has 0 amide bonds. The van der Waals surface area contributed by atoms with E-state index in [0.717, 1.165) is 11.3 Å². The maximum atomic E-state index is 12.1. The van der Waals surface area contributed by atoms with Crippen molar-refractivity contribution in [1.29, 1.82) is 0 Å². The number of halogens is 1. The highest BCUT2D eigenvalue weighted by Crippen LogP contribution is 2.33. The van der Waals surface area contributed by atoms with Crippen molar-refractivity contribution in [3.63, 3.8) is 0 Å². The molecule has 132 valence electrons. The minimum absolute atomic E-state index is 0.0325. The number of carbonyl (C=O) groups is 3. The number of nitrogens with two attached hydrogens (primary N) is 1. The van der Waals surface area contributed by atoms with Gasteiger partial charge in [-0.2, -0.15) is 0 Å². The molecular weight excluding hydrogens is 372 g/mol. The fourth-order valence-corrected chi connectivity index (χ4v) is 3.01. The van der Waals surface area contributed by atoms with Crippen molar-refractivity contribution in [2.45, 2.75) is 6.61 Å². The summed E-state index contributed by atoms with van der Waals surface area (Å²) in [6.07, 6.45) is 1.25. The van der Waals surface area contributed by atoms with Gasteiger partial charge < -0.3 is 19.9 Å². The number of pyridine rings is 1. The van der Waals surface area contributed by atoms with Gasteiger partial charge in [0.1, 0.15) is 27.2 Å². The molecule has 0 bridgehead atoms. The van der Waals surface area contributed by atoms with Gasteiger partial charge in [0.05, 0.1) is 19.8 Å². The molecule has 10 heteroatoms. The van der Waals surface area contributed by atoms with E-state index in [-0.39, 0.29) is 38.3 Å². The second-order valence-corrected chi connectivity index (χ2v) is 6.02. The summed E-state index contributed by atoms with van der Waals surface area (Å²) in [5, 5.41) is 0.287. The number of aromatic nitrogens is 1. The lowest BCUT2D eigenvalue weighted by atomic mass is 10.1. The fraction of sp³-hybridized carbons (Fsp3) is 0.200. The highest BCUT2D eigenvalue weighted by molar-refractivity contribution is 7.18. The summed E-state index contributed by atoms with van der Waals surface area (Å²) in [4.78, 5) is 39.7. The van der Waals surface area contributed by atoms with Gasteiger partial charge in [-0.3, -0.25) is 0 Å². The molecule has 2 aromatic rings. The second kappa shape index (κ2) is 7.95. The van der Waals surface area contributed by atoms with Gasteiger partial charge in [0.15, 0.2) is 0 Å². The number of anilines is 1. The first kappa shape index (κ1) is 18.7. The van der Waals surface area contributed by atoms with Crippen molar-refractivity contribution in [2.75, 3.05) is 20.0 Å². The molecule has 0 spiro atoms. The van der Waals surface area contributed by atoms with Crippen LogP contribution in [0.15, 0.2) is 18.3 Å². The maximum Gasteiger partial charge on any atom is 0.348 e. The third kappa shape index (κ3) is 4.06. The predicted octanol–water partition coefficient (Wildman–Crippen LogP) is 2.31. The van der Waals surface area contributed by atoms with Crippen LogP contribution in [0.4, 0.5) is 5.00 Å². The number of nitrogens with zero attached hydrogens (tertiary/aromatic N) is 1. The van der Waals surface area contributed by atoms with E-state index >= 15 is 0 Å². The molecule has 0 aromatic carbocycles. The Morgan fingerprint density at radius 1 is 1.16 bits per heavy atom. The summed E-state index contributed by atoms with van der Waals surface area (Å²) in [5.41, 5.74) is 6.04. The van der Waals surface area contributed by atoms with Crippen LogP contribution in [-0.2, 0) is 20.8 Å². The Kier molecular flexibility index (Phi) is 5.94. The first-order chi connectivity index (χ1) is 11.9. The number of carbonyl (C=O) groups excluding carboxylic acids is 3. The molecule has 2 N–H and O–H groups in total. The van der Waals surface area contributed by atoms with E-state index in [0.29, 0.717) is 0 Å². The summed E-state index contributed by atoms with van der Waals surface area (Å²) >= 11 is 6.50. The van der Waals surface area contributed by atoms with Crippen LogP contribution >= 0.6 is 22.9 Å². The third-order valence-electron chi connectivity index (χ3n) is 3.11. The third-order valence-corrected chi connectivity index (χ3v) is 4.37. The molecule has 8 nitrogen and oxygen atoms in total. The summed E-state index contributed by atoms with van der Waals surface area (Å²) < 4.78 is 14.5. The van der Waals surface area contributed by atoms with Crippen LogP contribution in [0.25, 0.3) is 0 Å². The Labute approximate surface area is 151 Å². The number of hydrogen-bond acceptors (Lipinski definition) is 9. The molecule has 2 aromatic heterocycles. The zero-order valence-electron chi connectivity index (χ0n) is 13.2. The number of esters is 3. The van der Waals surface area contributed by atoms with Crippen molar-refractivity contribution in [2.24, 2.45) is 0 Å². The molecule has 0 aliphatic rings. The molecule has 0 atom stereocenters. The Hall–Kier alpha value is -2.65. The van der Waals surface area contributed by atoms with Crippen LogP contribution in [0.2, 0.25) is 5.15 Å². The maximum absolute atomic E-state index is 12.1. The second-order valence-electron chi connectivity index (χ2n) is 4.58. The van der Waals surface area contributed by atoms with Crippen LogP contribution in [0.1, 0.15) is 36.0 Å². The van der Waals surface area contributed by atoms with Gasteiger partial charge in [0.25, 0.3) is 0 Å². The molecule has 0 aliphatic heterocycles. The van der Waals surface area contributed by atoms with E-state index in [1.165, 1.54) is 32.5 Å². The Balaban J connectivity index is 2.30. The fourth-order valence-electron chi connectivity index (χ4n) is 1.92. The first-order valence-electron chi connectivity index (χ1n) is 6.75. The summed E-state index contributed by atoms with van der Waals surface area (Å²) in [6, 6.07) is 2.86. The zero-order chi connectivity index (χ0) is 18.6. The molecule has 0 fully saturated rings. The lowest BCUT2D eigenvalue weighted by Crippen LogP contribution is -2.12. The van der Waals surface area contributed by atoms with Gasteiger partial charge in [-0.05, 0) is 12.1 Å². The van der Waals surface area contributed by atoms with E-state index < -0.39 is 17.9 Å². The summed E-state index contributed by atoms with van der Waals surface area (Å²) in [6.45, 7) is -0.371. The topological polar surface area (TPSA) is 118 Å². The molecular formula is C15H13ClN2O6S. The van der Waals surface area contributed by atoms with Crippen LogP contribution in [0.3, 0.4) is 0 Å². The average molecular weight is 385 g/mol. The highest BCUT2D eigenvalue weighted by Gasteiger charge is 2.28. The van der Waals surface area contributed by atoms with E-state index in [1.807, 2.05) is 0 Å². The minimum Gasteiger partial charge on any atom is -0.465 e. The SMILES string of the molecule is COC(=O)c1sc(N)c(C(=O)OC)c1COC(=O)c1ccc(Cl)nc1. The molecule has 0 saturated heterocycles. The van der Waals surface area contributed by atoms with Gasteiger partial charge >= 0.3 is 17.9 Å². The summed E-state index contributed by atoms with van der Waals surface area (Å²) in [5.74, 6) is -2.16. The van der Waals surface area contributed by atoms with E-state index in [2.05, 4.69) is 14.5 Å². The highest BCUT2D eigenvalue weighted by atomic mass is 35.5. The number of nitrogen functional groups attached to an aromatic ring is 1. The molecule has 25 heavy (non-hydrogen) atoms. The largest absolute Gasteiger partial charge is 0.465 e. The van der Waals surface area contributed by atoms with Crippen LogP contribution in [0, 0.1) is 0 Å². The molecule has 2 rings (SSSR count). The lowest BCUT2D eigenvalue weighted by molar-refractivity contribution is 0.0452. The summed E-state index contributed by atoms with van der Waals surface area (Å²) in [7, 11) is 2.36. The monoisotopic (exact) mass is 384 g/mol. The number of thiophene rings is 1. The average Bonchev–Trinajstić information content (AvgIpc) is 2.95. The molecule has 0 saturated carbocycles. The lowest BCUT2D eigenvalue weighted by Gasteiger charge is -2.08. The number of methoxy groups -OCH3 is 2. The van der Waals surface area contributed by atoms with Crippen LogP contribution < -0.4 is 5.73 Å². The van der Waals surface area contributed by atoms with Gasteiger partial charge in [-0.1, -0.05) is 11.6 Å². The standard InChI is InChI=1S/C15H13ClN2O6S/c1-22-14(20)10-8(11(15(21)23-2)25-12(10)17)6-24-13(19)7-3-4-9(16)18-5-7/h3-5H,6,17H2,1-2H3. The van der Waals surface area contributed by atoms with E-state index in [9.17, 15) is 14.4 Å². The normalized spacial score (nSPS) is 10.2. The van der Waals surface area contributed by atoms with Crippen molar-refractivity contribution in [1.82, 2.24) is 4.98 Å². The van der Waals surface area contributed by atoms with Gasteiger partial charge in [0.2, 0.25) is 0 Å². The zero-order valence-corrected chi connectivity index (χ0v) is 14.8. The molecule has 0 unspecified atom stereocenters. The van der Waals surface area contributed by atoms with Crippen LogP contribution in [-0.4, -0.2) is 37.1 Å². The van der Waals surface area contributed by atoms with Gasteiger partial charge in [0, 0.05) is 11.8 Å². The van der Waals surface area contributed by atoms with Gasteiger partial charge in [-0.15, -0.1) is 11.3 Å². The number of hydrogen-bond donors (Lipinski definition) is 1. The predicted molar refractivity (Wildman–Crippen MR) is 89.8 cm³/mol. The Morgan fingerprint density at radius 2 is 1.84 bits per heavy atom. The Morgan fingerprint density at radius 3 is 2.40 bits per heavy atom. The number of rotatable bonds is 5. The Bertz CT molecular complexity index is 818.